The number of nitrogens with zero attached hydrogens (tertiary/aromatic N) is 2. The number of benzene rings is 1. The Morgan fingerprint density at radius 3 is 2.58 bits per heavy atom. The standard InChI is InChI=1S/C16H18N2O/c1-4-15-14(9-12(3)17-18-15)16(19)10-13-8-6-5-7-11(13)2/h5-9H,4,10H2,1-3H3. The first-order valence-corrected chi connectivity index (χ1v) is 6.52. The molecule has 1 aromatic carbocycles. The normalized spacial score (nSPS) is 10.5. The Hall–Kier alpha value is -2.03. The van der Waals surface area contributed by atoms with Gasteiger partial charge < -0.3 is 0 Å². The Kier molecular flexibility index (Phi) is 4.05. The fourth-order valence-corrected chi connectivity index (χ4v) is 2.09. The van der Waals surface area contributed by atoms with Crippen molar-refractivity contribution in [3.8, 4) is 0 Å². The number of hydrogen-bond acceptors (Lipinski definition) is 3. The van der Waals surface area contributed by atoms with Gasteiger partial charge in [0.2, 0.25) is 0 Å². The van der Waals surface area contributed by atoms with E-state index >= 15 is 0 Å². The molecule has 0 fully saturated rings. The first kappa shape index (κ1) is 13.4. The van der Waals surface area contributed by atoms with Crippen LogP contribution >= 0.6 is 0 Å². The predicted molar refractivity (Wildman–Crippen MR) is 75.4 cm³/mol. The molecule has 3 heteroatoms. The van der Waals surface area contributed by atoms with Crippen molar-refractivity contribution in [3.05, 3.63) is 58.4 Å². The molecule has 0 aliphatic rings. The maximum Gasteiger partial charge on any atom is 0.169 e. The van der Waals surface area contributed by atoms with E-state index in [0.29, 0.717) is 12.0 Å². The number of aryl methyl sites for hydroxylation is 3. The molecule has 0 saturated carbocycles. The number of rotatable bonds is 4. The lowest BCUT2D eigenvalue weighted by atomic mass is 9.98. The monoisotopic (exact) mass is 254 g/mol. The smallest absolute Gasteiger partial charge is 0.169 e. The third kappa shape index (κ3) is 3.05. The molecule has 98 valence electrons. The quantitative estimate of drug-likeness (QED) is 0.787. The highest BCUT2D eigenvalue weighted by atomic mass is 16.1. The zero-order valence-electron chi connectivity index (χ0n) is 11.6. The third-order valence-electron chi connectivity index (χ3n) is 3.24. The second-order valence-electron chi connectivity index (χ2n) is 4.73. The Labute approximate surface area is 113 Å². The van der Waals surface area contributed by atoms with Crippen molar-refractivity contribution >= 4 is 5.78 Å². The lowest BCUT2D eigenvalue weighted by molar-refractivity contribution is 0.0991. The van der Waals surface area contributed by atoms with Crippen LogP contribution in [0.4, 0.5) is 0 Å². The highest BCUT2D eigenvalue weighted by Crippen LogP contribution is 2.14. The summed E-state index contributed by atoms with van der Waals surface area (Å²) in [7, 11) is 0. The fraction of sp³-hybridized carbons (Fsp3) is 0.312. The van der Waals surface area contributed by atoms with E-state index < -0.39 is 0 Å². The van der Waals surface area contributed by atoms with Crippen molar-refractivity contribution in [1.29, 1.82) is 0 Å². The van der Waals surface area contributed by atoms with E-state index in [9.17, 15) is 4.79 Å². The Morgan fingerprint density at radius 1 is 1.16 bits per heavy atom. The predicted octanol–water partition coefficient (Wildman–Crippen LogP) is 3.08. The first-order chi connectivity index (χ1) is 9.11. The fourth-order valence-electron chi connectivity index (χ4n) is 2.09. The highest BCUT2D eigenvalue weighted by molar-refractivity contribution is 5.98. The topological polar surface area (TPSA) is 42.9 Å². The molecule has 3 nitrogen and oxygen atoms in total. The molecule has 0 aliphatic heterocycles. The van der Waals surface area contributed by atoms with Gasteiger partial charge in [-0.05, 0) is 37.5 Å². The molecule has 0 amide bonds. The zero-order valence-corrected chi connectivity index (χ0v) is 11.6. The molecular weight excluding hydrogens is 236 g/mol. The molecule has 0 N–H and O–H groups in total. The Balaban J connectivity index is 2.30. The minimum absolute atomic E-state index is 0.115. The molecule has 19 heavy (non-hydrogen) atoms. The minimum atomic E-state index is 0.115. The summed E-state index contributed by atoms with van der Waals surface area (Å²) in [5, 5.41) is 8.13. The van der Waals surface area contributed by atoms with Crippen LogP contribution in [0.3, 0.4) is 0 Å². The lowest BCUT2D eigenvalue weighted by Gasteiger charge is -2.08. The van der Waals surface area contributed by atoms with E-state index in [4.69, 9.17) is 0 Å². The van der Waals surface area contributed by atoms with Gasteiger partial charge in [0.25, 0.3) is 0 Å². The first-order valence-electron chi connectivity index (χ1n) is 6.52. The average Bonchev–Trinajstić information content (AvgIpc) is 2.41. The van der Waals surface area contributed by atoms with Crippen LogP contribution in [0.1, 0.15) is 39.8 Å². The molecule has 0 saturated heterocycles. The second-order valence-corrected chi connectivity index (χ2v) is 4.73. The molecule has 0 radical (unpaired) electrons. The molecule has 1 aromatic heterocycles. The molecule has 2 rings (SSSR count). The van der Waals surface area contributed by atoms with Gasteiger partial charge in [-0.3, -0.25) is 4.79 Å². The largest absolute Gasteiger partial charge is 0.294 e. The summed E-state index contributed by atoms with van der Waals surface area (Å²) in [5.41, 5.74) is 4.49. The number of hydrogen-bond donors (Lipinski definition) is 0. The van der Waals surface area contributed by atoms with Crippen molar-refractivity contribution in [2.24, 2.45) is 0 Å². The van der Waals surface area contributed by atoms with Crippen molar-refractivity contribution in [2.75, 3.05) is 0 Å². The van der Waals surface area contributed by atoms with E-state index in [1.54, 1.807) is 0 Å². The van der Waals surface area contributed by atoms with E-state index in [1.807, 2.05) is 51.1 Å². The van der Waals surface area contributed by atoms with E-state index in [-0.39, 0.29) is 5.78 Å². The van der Waals surface area contributed by atoms with Gasteiger partial charge in [0, 0.05) is 12.0 Å². The van der Waals surface area contributed by atoms with Gasteiger partial charge in [0.05, 0.1) is 11.4 Å². The van der Waals surface area contributed by atoms with Gasteiger partial charge in [-0.15, -0.1) is 0 Å². The Morgan fingerprint density at radius 2 is 1.89 bits per heavy atom. The molecule has 1 heterocycles. The summed E-state index contributed by atoms with van der Waals surface area (Å²) < 4.78 is 0. The van der Waals surface area contributed by atoms with Crippen LogP contribution in [-0.4, -0.2) is 16.0 Å². The Bertz CT molecular complexity index is 605. The minimum Gasteiger partial charge on any atom is -0.294 e. The van der Waals surface area contributed by atoms with Gasteiger partial charge in [0.15, 0.2) is 5.78 Å². The molecule has 0 unspecified atom stereocenters. The van der Waals surface area contributed by atoms with E-state index in [1.165, 1.54) is 0 Å². The summed E-state index contributed by atoms with van der Waals surface area (Å²) >= 11 is 0. The maximum absolute atomic E-state index is 12.4. The van der Waals surface area contributed by atoms with Gasteiger partial charge in [-0.2, -0.15) is 10.2 Å². The number of carbonyl (C=O) groups excluding carboxylic acids is 1. The SMILES string of the molecule is CCc1nnc(C)cc1C(=O)Cc1ccccc1C. The summed E-state index contributed by atoms with van der Waals surface area (Å²) in [4.78, 5) is 12.4. The van der Waals surface area contributed by atoms with Gasteiger partial charge in [0.1, 0.15) is 0 Å². The van der Waals surface area contributed by atoms with Crippen LogP contribution < -0.4 is 0 Å². The van der Waals surface area contributed by atoms with Crippen molar-refractivity contribution < 1.29 is 4.79 Å². The van der Waals surface area contributed by atoms with Crippen LogP contribution in [0.2, 0.25) is 0 Å². The molecule has 2 aromatic rings. The van der Waals surface area contributed by atoms with E-state index in [2.05, 4.69) is 10.2 Å². The molecule has 0 aliphatic carbocycles. The number of carbonyl (C=O) groups is 1. The van der Waals surface area contributed by atoms with Gasteiger partial charge in [-0.25, -0.2) is 0 Å². The van der Waals surface area contributed by atoms with Crippen LogP contribution in [-0.2, 0) is 12.8 Å². The second kappa shape index (κ2) is 5.74. The summed E-state index contributed by atoms with van der Waals surface area (Å²) in [6, 6.07) is 9.82. The van der Waals surface area contributed by atoms with Gasteiger partial charge >= 0.3 is 0 Å². The zero-order chi connectivity index (χ0) is 13.8. The van der Waals surface area contributed by atoms with Crippen LogP contribution in [0.15, 0.2) is 30.3 Å². The summed E-state index contributed by atoms with van der Waals surface area (Å²) in [5.74, 6) is 0.115. The maximum atomic E-state index is 12.4. The summed E-state index contributed by atoms with van der Waals surface area (Å²) in [6.45, 7) is 5.88. The van der Waals surface area contributed by atoms with Crippen molar-refractivity contribution in [1.82, 2.24) is 10.2 Å². The van der Waals surface area contributed by atoms with Gasteiger partial charge in [-0.1, -0.05) is 31.2 Å². The number of ketones is 1. The highest BCUT2D eigenvalue weighted by Gasteiger charge is 2.14. The number of Topliss-reactive ketones (excluding diaryl/α,β-unsaturated/α-hetero) is 1. The van der Waals surface area contributed by atoms with Crippen LogP contribution in [0, 0.1) is 13.8 Å². The van der Waals surface area contributed by atoms with Crippen molar-refractivity contribution in [3.63, 3.8) is 0 Å². The van der Waals surface area contributed by atoms with Crippen molar-refractivity contribution in [2.45, 2.75) is 33.6 Å². The van der Waals surface area contributed by atoms with E-state index in [0.717, 1.165) is 28.9 Å². The molecule has 0 atom stereocenters. The third-order valence-corrected chi connectivity index (χ3v) is 3.24. The lowest BCUT2D eigenvalue weighted by Crippen LogP contribution is -2.11. The summed E-state index contributed by atoms with van der Waals surface area (Å²) in [6.07, 6.45) is 1.15. The molecule has 0 spiro atoms. The number of aromatic nitrogens is 2. The van der Waals surface area contributed by atoms with Crippen LogP contribution in [0.25, 0.3) is 0 Å². The van der Waals surface area contributed by atoms with Crippen LogP contribution in [0.5, 0.6) is 0 Å². The average molecular weight is 254 g/mol. The molecular formula is C16H18N2O. The molecule has 0 bridgehead atoms.